The van der Waals surface area contributed by atoms with Gasteiger partial charge in [0.05, 0.1) is 6.17 Å². The van der Waals surface area contributed by atoms with Gasteiger partial charge in [0.1, 0.15) is 11.5 Å². The van der Waals surface area contributed by atoms with Gasteiger partial charge in [-0.1, -0.05) is 6.92 Å². The van der Waals surface area contributed by atoms with Crippen LogP contribution < -0.4 is 21.9 Å². The van der Waals surface area contributed by atoms with Crippen LogP contribution in [0.15, 0.2) is 36.7 Å². The highest BCUT2D eigenvalue weighted by molar-refractivity contribution is 5.94. The van der Waals surface area contributed by atoms with E-state index in [-0.39, 0.29) is 18.0 Å². The Bertz CT molecular complexity index is 700. The fourth-order valence-corrected chi connectivity index (χ4v) is 2.63. The largest absolute Gasteiger partial charge is 0.341 e. The molecule has 0 bridgehead atoms. The first-order chi connectivity index (χ1) is 11.6. The van der Waals surface area contributed by atoms with E-state index in [9.17, 15) is 9.18 Å². The van der Waals surface area contributed by atoms with Crippen molar-refractivity contribution < 1.29 is 9.18 Å². The standard InChI is InChI=1S/C15H20FN7O/c1-10(14-18-20-21-19-14)9-22(2)15(24)11-4-5-13(12(16)8-11)23-7-3-6-17-23/h3-8,10,14,18-21H,9H2,1-2H3. The summed E-state index contributed by atoms with van der Waals surface area (Å²) >= 11 is 0. The lowest BCUT2D eigenvalue weighted by atomic mass is 10.1. The Kier molecular flexibility index (Phi) is 4.86. The van der Waals surface area contributed by atoms with E-state index in [4.69, 9.17) is 0 Å². The molecule has 1 saturated heterocycles. The molecule has 0 saturated carbocycles. The summed E-state index contributed by atoms with van der Waals surface area (Å²) in [6.45, 7) is 2.51. The molecule has 1 aliphatic heterocycles. The Balaban J connectivity index is 1.69. The van der Waals surface area contributed by atoms with E-state index >= 15 is 0 Å². The number of hydrazine groups is 3. The number of hydrogen-bond donors (Lipinski definition) is 4. The average molecular weight is 333 g/mol. The second kappa shape index (κ2) is 7.05. The smallest absolute Gasteiger partial charge is 0.253 e. The lowest BCUT2D eigenvalue weighted by molar-refractivity contribution is 0.0764. The molecule has 24 heavy (non-hydrogen) atoms. The Morgan fingerprint density at radius 1 is 1.42 bits per heavy atom. The zero-order chi connectivity index (χ0) is 17.1. The van der Waals surface area contributed by atoms with Gasteiger partial charge in [-0.15, -0.1) is 0 Å². The fourth-order valence-electron chi connectivity index (χ4n) is 2.63. The third kappa shape index (κ3) is 3.44. The number of benzene rings is 1. The van der Waals surface area contributed by atoms with Crippen molar-refractivity contribution in [3.8, 4) is 5.69 Å². The summed E-state index contributed by atoms with van der Waals surface area (Å²) in [5, 5.41) is 4.00. The minimum atomic E-state index is -0.487. The third-order valence-electron chi connectivity index (χ3n) is 3.94. The number of carbonyl (C=O) groups is 1. The normalized spacial score (nSPS) is 16.3. The predicted molar refractivity (Wildman–Crippen MR) is 86.0 cm³/mol. The minimum absolute atomic E-state index is 0.0147. The highest BCUT2D eigenvalue weighted by Gasteiger charge is 2.23. The van der Waals surface area contributed by atoms with Crippen LogP contribution in [0.5, 0.6) is 0 Å². The van der Waals surface area contributed by atoms with Crippen LogP contribution in [-0.2, 0) is 0 Å². The molecule has 1 unspecified atom stereocenters. The molecular weight excluding hydrogens is 313 g/mol. The number of rotatable bonds is 5. The zero-order valence-electron chi connectivity index (χ0n) is 13.5. The molecule has 8 nitrogen and oxygen atoms in total. The molecule has 128 valence electrons. The Hall–Kier alpha value is -2.33. The van der Waals surface area contributed by atoms with Gasteiger partial charge in [0, 0.05) is 37.5 Å². The summed E-state index contributed by atoms with van der Waals surface area (Å²) in [5.74, 6) is -0.583. The van der Waals surface area contributed by atoms with E-state index < -0.39 is 5.82 Å². The van der Waals surface area contributed by atoms with Crippen LogP contribution in [0.2, 0.25) is 0 Å². The van der Waals surface area contributed by atoms with Crippen LogP contribution in [0.4, 0.5) is 4.39 Å². The molecule has 1 aliphatic rings. The molecule has 1 aromatic heterocycles. The Morgan fingerprint density at radius 3 is 2.79 bits per heavy atom. The molecule has 3 rings (SSSR count). The van der Waals surface area contributed by atoms with Crippen molar-refractivity contribution in [2.24, 2.45) is 5.92 Å². The van der Waals surface area contributed by atoms with Gasteiger partial charge in [-0.25, -0.2) is 19.9 Å². The van der Waals surface area contributed by atoms with Crippen molar-refractivity contribution in [1.29, 1.82) is 0 Å². The highest BCUT2D eigenvalue weighted by atomic mass is 19.1. The first-order valence-electron chi connectivity index (χ1n) is 7.62. The summed E-state index contributed by atoms with van der Waals surface area (Å²) in [6.07, 6.45) is 3.21. The quantitative estimate of drug-likeness (QED) is 0.624. The van der Waals surface area contributed by atoms with Crippen molar-refractivity contribution in [2.75, 3.05) is 13.6 Å². The highest BCUT2D eigenvalue weighted by Crippen LogP contribution is 2.16. The summed E-state index contributed by atoms with van der Waals surface area (Å²) in [7, 11) is 1.70. The second-order valence-electron chi connectivity index (χ2n) is 5.80. The zero-order valence-corrected chi connectivity index (χ0v) is 13.5. The summed E-state index contributed by atoms with van der Waals surface area (Å²) < 4.78 is 15.7. The molecule has 1 amide bonds. The van der Waals surface area contributed by atoms with Gasteiger partial charge in [0.15, 0.2) is 0 Å². The summed E-state index contributed by atoms with van der Waals surface area (Å²) in [6, 6.07) is 6.12. The number of halogens is 1. The van der Waals surface area contributed by atoms with Crippen LogP contribution in [-0.4, -0.2) is 40.3 Å². The first kappa shape index (κ1) is 16.5. The molecule has 0 spiro atoms. The molecule has 9 heteroatoms. The summed E-state index contributed by atoms with van der Waals surface area (Å²) in [4.78, 5) is 14.1. The van der Waals surface area contributed by atoms with Crippen LogP contribution in [0.25, 0.3) is 5.69 Å². The molecule has 4 N–H and O–H groups in total. The molecular formula is C15H20FN7O. The van der Waals surface area contributed by atoms with Gasteiger partial charge in [-0.05, 0) is 24.3 Å². The Morgan fingerprint density at radius 2 is 2.17 bits per heavy atom. The molecule has 1 fully saturated rings. The number of aromatic nitrogens is 2. The van der Waals surface area contributed by atoms with Gasteiger partial charge in [0.25, 0.3) is 5.91 Å². The second-order valence-corrected chi connectivity index (χ2v) is 5.80. The lowest BCUT2D eigenvalue weighted by Crippen LogP contribution is -2.45. The van der Waals surface area contributed by atoms with Crippen molar-refractivity contribution in [3.63, 3.8) is 0 Å². The molecule has 2 aromatic rings. The molecule has 1 atom stereocenters. The number of nitrogens with zero attached hydrogens (tertiary/aromatic N) is 3. The molecule has 1 aromatic carbocycles. The third-order valence-corrected chi connectivity index (χ3v) is 3.94. The number of hydrogen-bond acceptors (Lipinski definition) is 6. The van der Waals surface area contributed by atoms with E-state index in [0.717, 1.165) is 0 Å². The topological polar surface area (TPSA) is 86.2 Å². The van der Waals surface area contributed by atoms with E-state index in [1.165, 1.54) is 10.7 Å². The van der Waals surface area contributed by atoms with E-state index in [0.29, 0.717) is 17.8 Å². The van der Waals surface area contributed by atoms with E-state index in [2.05, 4.69) is 27.0 Å². The molecule has 2 heterocycles. The number of carbonyl (C=O) groups excluding carboxylic acids is 1. The van der Waals surface area contributed by atoms with Crippen LogP contribution in [0.3, 0.4) is 0 Å². The molecule has 0 aliphatic carbocycles. The van der Waals surface area contributed by atoms with Crippen LogP contribution in [0.1, 0.15) is 17.3 Å². The lowest BCUT2D eigenvalue weighted by Gasteiger charge is -2.25. The van der Waals surface area contributed by atoms with Crippen molar-refractivity contribution in [1.82, 2.24) is 36.6 Å². The summed E-state index contributed by atoms with van der Waals surface area (Å²) in [5.41, 5.74) is 12.1. The monoisotopic (exact) mass is 333 g/mol. The van der Waals surface area contributed by atoms with Gasteiger partial charge in [-0.2, -0.15) is 16.2 Å². The van der Waals surface area contributed by atoms with Crippen LogP contribution in [0, 0.1) is 11.7 Å². The van der Waals surface area contributed by atoms with Gasteiger partial charge < -0.3 is 4.90 Å². The van der Waals surface area contributed by atoms with E-state index in [1.807, 2.05) is 6.92 Å². The van der Waals surface area contributed by atoms with Gasteiger partial charge >= 0.3 is 0 Å². The van der Waals surface area contributed by atoms with Gasteiger partial charge in [0.2, 0.25) is 0 Å². The number of nitrogens with one attached hydrogen (secondary N) is 4. The van der Waals surface area contributed by atoms with Crippen molar-refractivity contribution >= 4 is 5.91 Å². The number of amides is 1. The fraction of sp³-hybridized carbons (Fsp3) is 0.333. The molecule has 0 radical (unpaired) electrons. The van der Waals surface area contributed by atoms with E-state index in [1.54, 1.807) is 42.5 Å². The van der Waals surface area contributed by atoms with Crippen molar-refractivity contribution in [2.45, 2.75) is 13.1 Å². The maximum Gasteiger partial charge on any atom is 0.253 e. The first-order valence-corrected chi connectivity index (χ1v) is 7.62. The van der Waals surface area contributed by atoms with Crippen LogP contribution >= 0.6 is 0 Å². The van der Waals surface area contributed by atoms with Gasteiger partial charge in [-0.3, -0.25) is 4.79 Å². The average Bonchev–Trinajstić information content (AvgIpc) is 3.27. The predicted octanol–water partition coefficient (Wildman–Crippen LogP) is 0.163. The Labute approximate surface area is 138 Å². The maximum atomic E-state index is 14.3. The minimum Gasteiger partial charge on any atom is -0.341 e. The SMILES string of the molecule is CC(CN(C)C(=O)c1ccc(-n2cccn2)c(F)c1)C1NNNN1. The maximum absolute atomic E-state index is 14.3. The van der Waals surface area contributed by atoms with Crippen molar-refractivity contribution in [3.05, 3.63) is 48.0 Å².